The Morgan fingerprint density at radius 1 is 0.930 bits per heavy atom. The summed E-state index contributed by atoms with van der Waals surface area (Å²) in [5.74, 6) is -1.43. The third-order valence-electron chi connectivity index (χ3n) is 7.43. The number of ether oxygens (including phenoxy) is 2. The van der Waals surface area contributed by atoms with Crippen molar-refractivity contribution in [2.45, 2.75) is 112 Å². The third kappa shape index (κ3) is 10.5. The molecular weight excluding hydrogens is 546 g/mol. The fourth-order valence-electron chi connectivity index (χ4n) is 4.90. The topological polar surface area (TPSA) is 114 Å². The fourth-order valence-corrected chi connectivity index (χ4v) is 4.90. The number of hydrogen-bond acceptors (Lipinski definition) is 7. The smallest absolute Gasteiger partial charge is 0.338 e. The molecule has 9 nitrogen and oxygen atoms in total. The summed E-state index contributed by atoms with van der Waals surface area (Å²) >= 11 is 0. The van der Waals surface area contributed by atoms with Crippen LogP contribution >= 0.6 is 0 Å². The van der Waals surface area contributed by atoms with Gasteiger partial charge in [0.15, 0.2) is 0 Å². The maximum Gasteiger partial charge on any atom is 0.338 e. The normalized spacial score (nSPS) is 14.9. The summed E-state index contributed by atoms with van der Waals surface area (Å²) in [6, 6.07) is 5.11. The van der Waals surface area contributed by atoms with Crippen molar-refractivity contribution in [2.75, 3.05) is 20.7 Å². The van der Waals surface area contributed by atoms with Crippen LogP contribution in [0, 0.1) is 11.3 Å². The molecule has 1 aromatic carbocycles. The molecule has 0 aliphatic heterocycles. The minimum atomic E-state index is -0.844. The lowest BCUT2D eigenvalue weighted by atomic mass is 9.76. The highest BCUT2D eigenvalue weighted by Gasteiger charge is 2.41. The molecule has 0 aliphatic rings. The molecule has 0 saturated heterocycles. The monoisotopic (exact) mass is 601 g/mol. The maximum atomic E-state index is 14.0. The molecule has 2 amide bonds. The molecule has 3 atom stereocenters. The molecule has 0 unspecified atom stereocenters. The summed E-state index contributed by atoms with van der Waals surface area (Å²) in [6.07, 6.45) is 1.75. The molecule has 2 N–H and O–H groups in total. The van der Waals surface area contributed by atoms with Gasteiger partial charge < -0.3 is 25.0 Å². The molecule has 0 spiro atoms. The highest BCUT2D eigenvalue weighted by Crippen LogP contribution is 2.30. The number of likely N-dealkylation sites (N-methyl/N-ethyl adjacent to an activating group) is 2. The average Bonchev–Trinajstić information content (AvgIpc) is 2.88. The first-order valence-electron chi connectivity index (χ1n) is 15.0. The van der Waals surface area contributed by atoms with Gasteiger partial charge in [0.25, 0.3) is 0 Å². The molecule has 0 aromatic heterocycles. The van der Waals surface area contributed by atoms with Crippen LogP contribution in [0.3, 0.4) is 0 Å². The van der Waals surface area contributed by atoms with Gasteiger partial charge in [-0.1, -0.05) is 66.7 Å². The van der Waals surface area contributed by atoms with Gasteiger partial charge in [-0.05, 0) is 70.7 Å². The van der Waals surface area contributed by atoms with Gasteiger partial charge in [0.2, 0.25) is 11.8 Å². The number of esters is 2. The molecule has 9 heteroatoms. The Balaban J connectivity index is 3.31. The quantitative estimate of drug-likeness (QED) is 0.255. The number of carbonyl (C=O) groups excluding carboxylic acids is 4. The van der Waals surface area contributed by atoms with E-state index in [0.717, 1.165) is 5.56 Å². The van der Waals surface area contributed by atoms with Crippen molar-refractivity contribution in [1.29, 1.82) is 0 Å². The number of benzene rings is 1. The molecule has 0 radical (unpaired) electrons. The first-order chi connectivity index (χ1) is 19.6. The Morgan fingerprint density at radius 2 is 1.47 bits per heavy atom. The maximum absolute atomic E-state index is 14.0. The molecule has 242 valence electrons. The van der Waals surface area contributed by atoms with Crippen molar-refractivity contribution in [1.82, 2.24) is 15.5 Å². The van der Waals surface area contributed by atoms with Gasteiger partial charge >= 0.3 is 11.9 Å². The summed E-state index contributed by atoms with van der Waals surface area (Å²) in [5, 5.41) is 6.17. The highest BCUT2D eigenvalue weighted by molar-refractivity contribution is 5.92. The zero-order valence-electron chi connectivity index (χ0n) is 28.8. The number of hydrogen-bond donors (Lipinski definition) is 2. The van der Waals surface area contributed by atoms with E-state index in [1.165, 1.54) is 0 Å². The number of carbonyl (C=O) groups is 4. The minimum absolute atomic E-state index is 0.00212. The molecule has 1 rings (SSSR count). The second kappa shape index (κ2) is 15.0. The van der Waals surface area contributed by atoms with E-state index in [4.69, 9.17) is 9.47 Å². The number of rotatable bonds is 12. The Morgan fingerprint density at radius 3 is 1.88 bits per heavy atom. The summed E-state index contributed by atoms with van der Waals surface area (Å²) < 4.78 is 10.6. The van der Waals surface area contributed by atoms with Crippen LogP contribution in [0.15, 0.2) is 35.9 Å². The van der Waals surface area contributed by atoms with Crippen molar-refractivity contribution in [3.63, 3.8) is 0 Å². The zero-order chi connectivity index (χ0) is 33.5. The predicted molar refractivity (Wildman–Crippen MR) is 171 cm³/mol. The molecule has 0 heterocycles. The van der Waals surface area contributed by atoms with Crippen molar-refractivity contribution in [3.8, 4) is 0 Å². The molecule has 0 bridgehead atoms. The second-order valence-corrected chi connectivity index (χ2v) is 14.1. The van der Waals surface area contributed by atoms with Crippen molar-refractivity contribution < 1.29 is 28.7 Å². The van der Waals surface area contributed by atoms with Crippen molar-refractivity contribution in [2.24, 2.45) is 11.3 Å². The largest absolute Gasteiger partial charge is 0.463 e. The van der Waals surface area contributed by atoms with E-state index in [2.05, 4.69) is 10.6 Å². The van der Waals surface area contributed by atoms with Gasteiger partial charge in [-0.25, -0.2) is 9.59 Å². The van der Waals surface area contributed by atoms with E-state index in [0.29, 0.717) is 11.1 Å². The van der Waals surface area contributed by atoms with Gasteiger partial charge in [0.05, 0.1) is 24.3 Å². The Labute approximate surface area is 259 Å². The van der Waals surface area contributed by atoms with Crippen LogP contribution in [-0.2, 0) is 29.3 Å². The molecule has 0 saturated carbocycles. The summed E-state index contributed by atoms with van der Waals surface area (Å²) in [4.78, 5) is 54.2. The second-order valence-electron chi connectivity index (χ2n) is 14.1. The fraction of sp³-hybridized carbons (Fsp3) is 0.647. The van der Waals surface area contributed by atoms with Crippen LogP contribution in [0.1, 0.15) is 99.0 Å². The summed E-state index contributed by atoms with van der Waals surface area (Å²) in [6.45, 7) is 22.7. The van der Waals surface area contributed by atoms with Crippen LogP contribution in [-0.4, -0.2) is 73.1 Å². The van der Waals surface area contributed by atoms with Gasteiger partial charge in [0.1, 0.15) is 11.6 Å². The zero-order valence-corrected chi connectivity index (χ0v) is 28.8. The van der Waals surface area contributed by atoms with Crippen molar-refractivity contribution in [3.05, 3.63) is 47.0 Å². The van der Waals surface area contributed by atoms with E-state index in [1.807, 2.05) is 81.4 Å². The molecule has 0 aliphatic carbocycles. The standard InChI is InChI=1S/C34H55N3O6/c1-15-42-30(40)22(4)20-25(21(2)3)37(14)29(39)27(32(5,6)7)36-28(38)26(35-13)34(11,12)24-18-16-23(17-19-24)31(41)43-33(8,9)10/h16-21,25-27,35H,15H2,1-14H3,(H,36,38)/b22-20+/t25-,26-,27-/m1/s1. The summed E-state index contributed by atoms with van der Waals surface area (Å²) in [5.41, 5.74) is -0.239. The minimum Gasteiger partial charge on any atom is -0.463 e. The summed E-state index contributed by atoms with van der Waals surface area (Å²) in [7, 11) is 3.40. The van der Waals surface area contributed by atoms with Crippen LogP contribution in [0.25, 0.3) is 0 Å². The van der Waals surface area contributed by atoms with Crippen LogP contribution in [0.5, 0.6) is 0 Å². The van der Waals surface area contributed by atoms with E-state index < -0.39 is 46.5 Å². The molecule has 43 heavy (non-hydrogen) atoms. The lowest BCUT2D eigenvalue weighted by Crippen LogP contribution is -2.61. The molecule has 0 fully saturated rings. The van der Waals surface area contributed by atoms with E-state index in [-0.39, 0.29) is 24.3 Å². The van der Waals surface area contributed by atoms with E-state index >= 15 is 0 Å². The van der Waals surface area contributed by atoms with E-state index in [9.17, 15) is 19.2 Å². The van der Waals surface area contributed by atoms with Gasteiger partial charge in [0, 0.05) is 18.0 Å². The van der Waals surface area contributed by atoms with Gasteiger partial charge in [-0.2, -0.15) is 0 Å². The Kier molecular flexibility index (Phi) is 13.2. The highest BCUT2D eigenvalue weighted by atomic mass is 16.6. The number of amides is 2. The SMILES string of the molecule is CCOC(=O)/C(C)=C/[C@H](C(C)C)N(C)C(=O)[C@@H](NC(=O)[C@@H](NC)C(C)(C)c1ccc(C(=O)OC(C)(C)C)cc1)C(C)(C)C. The van der Waals surface area contributed by atoms with Crippen LogP contribution < -0.4 is 10.6 Å². The first-order valence-corrected chi connectivity index (χ1v) is 15.0. The van der Waals surface area contributed by atoms with Crippen LogP contribution in [0.2, 0.25) is 0 Å². The van der Waals surface area contributed by atoms with Crippen molar-refractivity contribution >= 4 is 23.8 Å². The number of nitrogens with one attached hydrogen (secondary N) is 2. The average molecular weight is 602 g/mol. The van der Waals surface area contributed by atoms with Gasteiger partial charge in [-0.3, -0.25) is 9.59 Å². The molecule has 1 aromatic rings. The molecular formula is C34H55N3O6. The van der Waals surface area contributed by atoms with E-state index in [1.54, 1.807) is 51.1 Å². The Bertz CT molecular complexity index is 1160. The predicted octanol–water partition coefficient (Wildman–Crippen LogP) is 5.03. The first kappa shape index (κ1) is 37.8. The third-order valence-corrected chi connectivity index (χ3v) is 7.43. The van der Waals surface area contributed by atoms with Gasteiger partial charge in [-0.15, -0.1) is 0 Å². The van der Waals surface area contributed by atoms with Crippen LogP contribution in [0.4, 0.5) is 0 Å². The number of nitrogens with zero attached hydrogens (tertiary/aromatic N) is 1. The lowest BCUT2D eigenvalue weighted by molar-refractivity contribution is -0.141. The Hall–Kier alpha value is -3.20. The lowest BCUT2D eigenvalue weighted by Gasteiger charge is -2.40.